The fraction of sp³-hybridized carbons (Fsp3) is 0.900. The van der Waals surface area contributed by atoms with Crippen LogP contribution in [0.4, 0.5) is 67.1 Å². The molecule has 4 fully saturated rings. The van der Waals surface area contributed by atoms with E-state index in [2.05, 4.69) is 9.47 Å². The normalized spacial score (nSPS) is 21.2. The van der Waals surface area contributed by atoms with Gasteiger partial charge in [0.15, 0.2) is 0 Å². The van der Waals surface area contributed by atoms with Crippen LogP contribution in [0.25, 0.3) is 0 Å². The molecule has 4 aliphatic rings. The number of carbonyl (C=O) groups excluding carboxylic acids is 3. The lowest BCUT2D eigenvalue weighted by Gasteiger charge is -2.44. The average molecular weight is 768 g/mol. The van der Waals surface area contributed by atoms with E-state index in [4.69, 9.17) is 4.74 Å². The van der Waals surface area contributed by atoms with E-state index in [0.29, 0.717) is 32.2 Å². The van der Waals surface area contributed by atoms with E-state index in [1.165, 1.54) is 0 Å². The van der Waals surface area contributed by atoms with Crippen molar-refractivity contribution in [2.24, 2.45) is 5.41 Å². The minimum atomic E-state index is -5.76. The van der Waals surface area contributed by atoms with Gasteiger partial charge in [-0.05, 0) is 77.6 Å². The Labute approximate surface area is 285 Å². The van der Waals surface area contributed by atoms with Gasteiger partial charge in [-0.1, -0.05) is 12.8 Å². The van der Waals surface area contributed by atoms with Gasteiger partial charge in [-0.25, -0.2) is 14.4 Å². The highest BCUT2D eigenvalue weighted by molar-refractivity contribution is 5.71. The summed E-state index contributed by atoms with van der Waals surface area (Å²) in [6, 6.07) is 0. The van der Waals surface area contributed by atoms with Crippen LogP contribution in [0.2, 0.25) is 0 Å². The number of carbonyl (C=O) groups is 3. The lowest BCUT2D eigenvalue weighted by molar-refractivity contribution is -0.309. The minimum absolute atomic E-state index is 0.101. The summed E-state index contributed by atoms with van der Waals surface area (Å²) >= 11 is 0. The Morgan fingerprint density at radius 2 is 0.882 bits per heavy atom. The van der Waals surface area contributed by atoms with Crippen molar-refractivity contribution in [3.8, 4) is 0 Å². The third-order valence-electron chi connectivity index (χ3n) is 9.54. The van der Waals surface area contributed by atoms with Gasteiger partial charge in [-0.2, -0.15) is 52.7 Å². The monoisotopic (exact) mass is 767 g/mol. The molecule has 0 aromatic heterocycles. The molecule has 0 radical (unpaired) electrons. The molecule has 0 aromatic rings. The van der Waals surface area contributed by atoms with Gasteiger partial charge in [0, 0.05) is 38.3 Å². The number of alkyl halides is 12. The number of rotatable bonds is 2. The van der Waals surface area contributed by atoms with E-state index in [0.717, 1.165) is 35.5 Å². The zero-order valence-electron chi connectivity index (χ0n) is 28.1. The van der Waals surface area contributed by atoms with Crippen LogP contribution in [0.1, 0.15) is 85.0 Å². The van der Waals surface area contributed by atoms with Gasteiger partial charge >= 0.3 is 43.0 Å². The molecule has 21 heteroatoms. The lowest BCUT2D eigenvalue weighted by Crippen LogP contribution is -2.56. The first-order chi connectivity index (χ1) is 23.1. The number of halogens is 12. The highest BCUT2D eigenvalue weighted by Crippen LogP contribution is 2.46. The van der Waals surface area contributed by atoms with E-state index in [9.17, 15) is 67.1 Å². The Hall–Kier alpha value is -3.03. The highest BCUT2D eigenvalue weighted by Gasteiger charge is 2.61. The molecule has 0 atom stereocenters. The van der Waals surface area contributed by atoms with E-state index in [1.807, 2.05) is 0 Å². The molecule has 0 unspecified atom stereocenters. The maximum absolute atomic E-state index is 12.6. The molecular weight excluding hydrogens is 726 g/mol. The van der Waals surface area contributed by atoms with Crippen LogP contribution < -0.4 is 0 Å². The molecule has 9 nitrogen and oxygen atoms in total. The number of nitrogens with zero attached hydrogens (tertiary/aromatic N) is 3. The average Bonchev–Trinajstić information content (AvgIpc) is 3.59. The van der Waals surface area contributed by atoms with Gasteiger partial charge in [-0.3, -0.25) is 0 Å². The summed E-state index contributed by atoms with van der Waals surface area (Å²) in [4.78, 5) is 39.3. The van der Waals surface area contributed by atoms with Crippen LogP contribution in [-0.4, -0.2) is 114 Å². The molecule has 3 aliphatic heterocycles. The van der Waals surface area contributed by atoms with Gasteiger partial charge < -0.3 is 28.9 Å². The summed E-state index contributed by atoms with van der Waals surface area (Å²) in [5.41, 5.74) is -1.24. The van der Waals surface area contributed by atoms with E-state index < -0.39 is 66.3 Å². The summed E-state index contributed by atoms with van der Waals surface area (Å²) in [5.74, 6) is 0. The molecule has 3 amide bonds. The topological polar surface area (TPSA) is 88.6 Å². The van der Waals surface area contributed by atoms with Crippen LogP contribution >= 0.6 is 0 Å². The number of likely N-dealkylation sites (tertiary alicyclic amines) is 3. The van der Waals surface area contributed by atoms with Crippen molar-refractivity contribution >= 4 is 18.3 Å². The smallest absolute Gasteiger partial charge is 0.434 e. The summed E-state index contributed by atoms with van der Waals surface area (Å²) in [7, 11) is 0. The summed E-state index contributed by atoms with van der Waals surface area (Å²) in [6.07, 6.45) is -27.8. The second kappa shape index (κ2) is 15.1. The number of hydrogen-bond acceptors (Lipinski definition) is 6. The first-order valence-electron chi connectivity index (χ1n) is 16.3. The van der Waals surface area contributed by atoms with Crippen molar-refractivity contribution in [3.63, 3.8) is 0 Å². The molecule has 51 heavy (non-hydrogen) atoms. The Kier molecular flexibility index (Phi) is 12.6. The summed E-state index contributed by atoms with van der Waals surface area (Å²) in [6.45, 7) is 5.60. The second-order valence-corrected chi connectivity index (χ2v) is 14.3. The standard InChI is InChI=1S/C17H24F6N2O4.C13H17F6NO2/c1-14(2,3)29-13(27)25-8-4-5-15(25)6-9-24(10-7-15)12(26)28-11(16(18,19)20)17(21,22)23;14-12(15,16)9(13(17,18)19)22-10(21)20-7-5-11(6-8-20)3-1-2-4-11/h11H,4-10H2,1-3H3;9H,1-8H2. The van der Waals surface area contributed by atoms with Crippen molar-refractivity contribution < 1.29 is 81.3 Å². The van der Waals surface area contributed by atoms with Crippen LogP contribution in [0, 0.1) is 5.41 Å². The quantitative estimate of drug-likeness (QED) is 0.206. The molecule has 3 heterocycles. The van der Waals surface area contributed by atoms with Gasteiger partial charge in [0.25, 0.3) is 12.2 Å². The summed E-state index contributed by atoms with van der Waals surface area (Å²) < 4.78 is 163. The van der Waals surface area contributed by atoms with Gasteiger partial charge in [0.05, 0.1) is 0 Å². The van der Waals surface area contributed by atoms with Crippen molar-refractivity contribution in [3.05, 3.63) is 0 Å². The first-order valence-corrected chi connectivity index (χ1v) is 16.3. The van der Waals surface area contributed by atoms with Gasteiger partial charge in [0.1, 0.15) is 5.60 Å². The third kappa shape index (κ3) is 11.2. The molecule has 1 aliphatic carbocycles. The van der Waals surface area contributed by atoms with E-state index in [-0.39, 0.29) is 44.4 Å². The van der Waals surface area contributed by atoms with Crippen molar-refractivity contribution in [2.75, 3.05) is 32.7 Å². The SMILES string of the molecule is CC(C)(C)OC(=O)N1CCCC12CCN(C(=O)OC(C(F)(F)F)C(F)(F)F)CC2.O=C(OC(C(F)(F)F)C(F)(F)F)N1CCC2(CCCC2)CC1. The fourth-order valence-electron chi connectivity index (χ4n) is 6.94. The number of ether oxygens (including phenoxy) is 3. The molecule has 1 saturated carbocycles. The molecule has 0 aromatic carbocycles. The van der Waals surface area contributed by atoms with Gasteiger partial charge in [0.2, 0.25) is 0 Å². The molecule has 3 saturated heterocycles. The molecule has 0 bridgehead atoms. The Morgan fingerprint density at radius 3 is 1.24 bits per heavy atom. The molecule has 296 valence electrons. The predicted molar refractivity (Wildman–Crippen MR) is 152 cm³/mol. The number of hydrogen-bond donors (Lipinski definition) is 0. The van der Waals surface area contributed by atoms with Crippen molar-refractivity contribution in [1.82, 2.24) is 14.7 Å². The Morgan fingerprint density at radius 1 is 0.510 bits per heavy atom. The number of amides is 3. The maximum atomic E-state index is 12.6. The van der Waals surface area contributed by atoms with E-state index >= 15 is 0 Å². The predicted octanol–water partition coefficient (Wildman–Crippen LogP) is 8.75. The third-order valence-corrected chi connectivity index (χ3v) is 9.54. The second-order valence-electron chi connectivity index (χ2n) is 14.3. The zero-order chi connectivity index (χ0) is 38.8. The molecule has 4 rings (SSSR count). The zero-order valence-corrected chi connectivity index (χ0v) is 28.1. The Balaban J connectivity index is 0.000000286. The summed E-state index contributed by atoms with van der Waals surface area (Å²) in [5, 5.41) is 0. The fourth-order valence-corrected chi connectivity index (χ4v) is 6.94. The van der Waals surface area contributed by atoms with Gasteiger partial charge in [-0.15, -0.1) is 0 Å². The lowest BCUT2D eigenvalue weighted by atomic mass is 9.77. The van der Waals surface area contributed by atoms with Crippen LogP contribution in [-0.2, 0) is 14.2 Å². The maximum Gasteiger partial charge on any atom is 0.434 e. The van der Waals surface area contributed by atoms with Crippen LogP contribution in [0.15, 0.2) is 0 Å². The van der Waals surface area contributed by atoms with Crippen molar-refractivity contribution in [2.45, 2.75) is 133 Å². The molecule has 0 N–H and O–H groups in total. The van der Waals surface area contributed by atoms with Crippen LogP contribution in [0.5, 0.6) is 0 Å². The Bertz CT molecular complexity index is 1180. The largest absolute Gasteiger partial charge is 0.444 e. The van der Waals surface area contributed by atoms with E-state index in [1.54, 1.807) is 25.7 Å². The number of piperidine rings is 2. The first kappa shape index (κ1) is 42.4. The molecular formula is C30H41F12N3O6. The van der Waals surface area contributed by atoms with Crippen LogP contribution in [0.3, 0.4) is 0 Å². The minimum Gasteiger partial charge on any atom is -0.444 e. The highest BCUT2D eigenvalue weighted by atomic mass is 19.4. The van der Waals surface area contributed by atoms with Crippen molar-refractivity contribution in [1.29, 1.82) is 0 Å². The molecule has 2 spiro atoms.